The van der Waals surface area contributed by atoms with Crippen LogP contribution >= 0.6 is 22.7 Å². The fourth-order valence-corrected chi connectivity index (χ4v) is 3.83. The maximum atomic E-state index is 11.6. The molecule has 88 valence electrons. The summed E-state index contributed by atoms with van der Waals surface area (Å²) in [6, 6.07) is 2.09. The van der Waals surface area contributed by atoms with Gasteiger partial charge in [0.05, 0.1) is 12.3 Å². The van der Waals surface area contributed by atoms with Gasteiger partial charge < -0.3 is 4.74 Å². The summed E-state index contributed by atoms with van der Waals surface area (Å²) in [5, 5.41) is 2.57. The third-order valence-electron chi connectivity index (χ3n) is 2.73. The zero-order valence-electron chi connectivity index (χ0n) is 9.36. The molecule has 0 saturated carbocycles. The van der Waals surface area contributed by atoms with Crippen molar-refractivity contribution < 1.29 is 9.53 Å². The molecule has 1 aliphatic rings. The van der Waals surface area contributed by atoms with Crippen molar-refractivity contribution in [2.75, 3.05) is 6.61 Å². The number of thiophene rings is 1. The molecule has 0 unspecified atom stereocenters. The van der Waals surface area contributed by atoms with Gasteiger partial charge in [0.2, 0.25) is 5.01 Å². The molecule has 0 spiro atoms. The van der Waals surface area contributed by atoms with Crippen LogP contribution in [-0.4, -0.2) is 17.6 Å². The van der Waals surface area contributed by atoms with Gasteiger partial charge >= 0.3 is 5.97 Å². The van der Waals surface area contributed by atoms with Crippen LogP contribution in [-0.2, 0) is 17.6 Å². The SMILES string of the molecule is CCOC(=O)c1nc2c(s1)CCc1sccc1-2. The van der Waals surface area contributed by atoms with Crippen molar-refractivity contribution >= 4 is 28.6 Å². The molecule has 0 atom stereocenters. The normalized spacial score (nSPS) is 13.0. The first-order valence-corrected chi connectivity index (χ1v) is 7.22. The zero-order valence-corrected chi connectivity index (χ0v) is 11.0. The van der Waals surface area contributed by atoms with Crippen LogP contribution in [0.2, 0.25) is 0 Å². The number of hydrogen-bond acceptors (Lipinski definition) is 5. The molecule has 0 aromatic carbocycles. The van der Waals surface area contributed by atoms with Gasteiger partial charge in [0.1, 0.15) is 0 Å². The number of aromatic nitrogens is 1. The highest BCUT2D eigenvalue weighted by Gasteiger charge is 2.24. The quantitative estimate of drug-likeness (QED) is 0.783. The minimum atomic E-state index is -0.302. The summed E-state index contributed by atoms with van der Waals surface area (Å²) >= 11 is 3.23. The van der Waals surface area contributed by atoms with Crippen LogP contribution in [0.5, 0.6) is 0 Å². The molecular formula is C12H11NO2S2. The fraction of sp³-hybridized carbons (Fsp3) is 0.333. The summed E-state index contributed by atoms with van der Waals surface area (Å²) in [5.41, 5.74) is 2.18. The van der Waals surface area contributed by atoms with Crippen molar-refractivity contribution in [2.24, 2.45) is 0 Å². The van der Waals surface area contributed by atoms with E-state index in [1.54, 1.807) is 11.3 Å². The van der Waals surface area contributed by atoms with Crippen molar-refractivity contribution in [1.82, 2.24) is 4.98 Å². The van der Waals surface area contributed by atoms with E-state index < -0.39 is 0 Å². The Hall–Kier alpha value is -1.20. The van der Waals surface area contributed by atoms with E-state index in [0.29, 0.717) is 11.6 Å². The minimum absolute atomic E-state index is 0.302. The maximum Gasteiger partial charge on any atom is 0.367 e. The van der Waals surface area contributed by atoms with E-state index in [4.69, 9.17) is 4.74 Å². The van der Waals surface area contributed by atoms with Crippen LogP contribution in [0.4, 0.5) is 0 Å². The maximum absolute atomic E-state index is 11.6. The van der Waals surface area contributed by atoms with E-state index >= 15 is 0 Å². The molecule has 0 fully saturated rings. The smallest absolute Gasteiger partial charge is 0.367 e. The molecule has 5 heteroatoms. The summed E-state index contributed by atoms with van der Waals surface area (Å²) in [6.45, 7) is 2.20. The fourth-order valence-electron chi connectivity index (χ4n) is 1.98. The highest BCUT2D eigenvalue weighted by Crippen LogP contribution is 2.38. The van der Waals surface area contributed by atoms with Gasteiger partial charge in [-0.05, 0) is 31.2 Å². The highest BCUT2D eigenvalue weighted by atomic mass is 32.1. The predicted octanol–water partition coefficient (Wildman–Crippen LogP) is 3.15. The molecule has 1 aliphatic carbocycles. The third-order valence-corrected chi connectivity index (χ3v) is 4.80. The predicted molar refractivity (Wildman–Crippen MR) is 68.8 cm³/mol. The second-order valence-electron chi connectivity index (χ2n) is 3.77. The van der Waals surface area contributed by atoms with Crippen molar-refractivity contribution in [3.63, 3.8) is 0 Å². The number of ether oxygens (including phenoxy) is 1. The lowest BCUT2D eigenvalue weighted by Crippen LogP contribution is -2.03. The monoisotopic (exact) mass is 265 g/mol. The Bertz CT molecular complexity index is 571. The van der Waals surface area contributed by atoms with Crippen LogP contribution in [0.1, 0.15) is 26.5 Å². The lowest BCUT2D eigenvalue weighted by molar-refractivity contribution is 0.0526. The van der Waals surface area contributed by atoms with Gasteiger partial charge in [-0.15, -0.1) is 22.7 Å². The standard InChI is InChI=1S/C12H11NO2S2/c1-2-15-12(14)11-13-10-7-5-6-16-8(7)3-4-9(10)17-11/h5-6H,2-4H2,1H3. The van der Waals surface area contributed by atoms with Gasteiger partial charge in [-0.1, -0.05) is 0 Å². The molecule has 2 aromatic heterocycles. The van der Waals surface area contributed by atoms with E-state index in [1.165, 1.54) is 26.7 Å². The molecule has 17 heavy (non-hydrogen) atoms. The first-order valence-electron chi connectivity index (χ1n) is 5.53. The van der Waals surface area contributed by atoms with Crippen LogP contribution < -0.4 is 0 Å². The Morgan fingerprint density at radius 1 is 1.47 bits per heavy atom. The Balaban J connectivity index is 2.02. The van der Waals surface area contributed by atoms with E-state index in [-0.39, 0.29) is 5.97 Å². The van der Waals surface area contributed by atoms with Gasteiger partial charge in [0.25, 0.3) is 0 Å². The van der Waals surface area contributed by atoms with Crippen LogP contribution in [0, 0.1) is 0 Å². The number of aryl methyl sites for hydroxylation is 2. The molecule has 2 heterocycles. The van der Waals surface area contributed by atoms with E-state index in [9.17, 15) is 4.79 Å². The topological polar surface area (TPSA) is 39.2 Å². The van der Waals surface area contributed by atoms with Crippen molar-refractivity contribution in [2.45, 2.75) is 19.8 Å². The lowest BCUT2D eigenvalue weighted by Gasteiger charge is -2.09. The van der Waals surface area contributed by atoms with E-state index in [0.717, 1.165) is 18.5 Å². The number of thiazole rings is 1. The molecule has 0 N–H and O–H groups in total. The first-order chi connectivity index (χ1) is 8.29. The summed E-state index contributed by atoms with van der Waals surface area (Å²) in [5.74, 6) is -0.302. The number of nitrogens with zero attached hydrogens (tertiary/aromatic N) is 1. The Morgan fingerprint density at radius 2 is 2.29 bits per heavy atom. The van der Waals surface area contributed by atoms with Gasteiger partial charge in [-0.25, -0.2) is 9.78 Å². The van der Waals surface area contributed by atoms with E-state index in [2.05, 4.69) is 16.4 Å². The van der Waals surface area contributed by atoms with Crippen LogP contribution in [0.15, 0.2) is 11.4 Å². The Morgan fingerprint density at radius 3 is 3.12 bits per heavy atom. The summed E-state index contributed by atoms with van der Waals surface area (Å²) in [4.78, 5) is 18.7. The third kappa shape index (κ3) is 1.79. The molecule has 0 saturated heterocycles. The molecule has 0 aliphatic heterocycles. The molecule has 0 amide bonds. The first kappa shape index (κ1) is 10.9. The molecule has 2 aromatic rings. The number of rotatable bonds is 2. The summed E-state index contributed by atoms with van der Waals surface area (Å²) in [7, 11) is 0. The minimum Gasteiger partial charge on any atom is -0.461 e. The van der Waals surface area contributed by atoms with Crippen LogP contribution in [0.3, 0.4) is 0 Å². The second-order valence-corrected chi connectivity index (χ2v) is 5.85. The number of carbonyl (C=O) groups excluding carboxylic acids is 1. The van der Waals surface area contributed by atoms with Crippen LogP contribution in [0.25, 0.3) is 11.3 Å². The molecule has 3 nitrogen and oxygen atoms in total. The van der Waals surface area contributed by atoms with Gasteiger partial charge in [0, 0.05) is 15.3 Å². The average Bonchev–Trinajstić information content (AvgIpc) is 2.94. The molecule has 0 bridgehead atoms. The average molecular weight is 265 g/mol. The van der Waals surface area contributed by atoms with Gasteiger partial charge in [-0.3, -0.25) is 0 Å². The Labute approximate surface area is 107 Å². The highest BCUT2D eigenvalue weighted by molar-refractivity contribution is 7.14. The van der Waals surface area contributed by atoms with Crippen molar-refractivity contribution in [3.05, 3.63) is 26.2 Å². The van der Waals surface area contributed by atoms with Crippen molar-refractivity contribution in [3.8, 4) is 11.3 Å². The van der Waals surface area contributed by atoms with Gasteiger partial charge in [0.15, 0.2) is 0 Å². The number of carbonyl (C=O) groups is 1. The number of hydrogen-bond donors (Lipinski definition) is 0. The molecular weight excluding hydrogens is 254 g/mol. The number of esters is 1. The molecule has 0 radical (unpaired) electrons. The zero-order chi connectivity index (χ0) is 11.8. The summed E-state index contributed by atoms with van der Waals surface area (Å²) in [6.07, 6.45) is 2.05. The second kappa shape index (κ2) is 4.23. The summed E-state index contributed by atoms with van der Waals surface area (Å²) < 4.78 is 4.99. The van der Waals surface area contributed by atoms with Gasteiger partial charge in [-0.2, -0.15) is 0 Å². The number of fused-ring (bicyclic) bond motifs is 3. The Kier molecular flexibility index (Phi) is 2.72. The molecule has 3 rings (SSSR count). The van der Waals surface area contributed by atoms with E-state index in [1.807, 2.05) is 6.92 Å². The van der Waals surface area contributed by atoms with Crippen molar-refractivity contribution in [1.29, 1.82) is 0 Å². The lowest BCUT2D eigenvalue weighted by atomic mass is 10.0. The largest absolute Gasteiger partial charge is 0.461 e.